The number of amides is 5. The summed E-state index contributed by atoms with van der Waals surface area (Å²) in [4.78, 5) is 50.7. The Kier molecular flexibility index (Phi) is 8.63. The average molecular weight is 586 g/mol. The van der Waals surface area contributed by atoms with Crippen LogP contribution in [0.2, 0.25) is 0 Å². The lowest BCUT2D eigenvalue weighted by molar-refractivity contribution is -0.129. The molecule has 0 spiro atoms. The molecule has 3 aromatic rings. The van der Waals surface area contributed by atoms with Crippen molar-refractivity contribution in [1.29, 1.82) is 0 Å². The lowest BCUT2D eigenvalue weighted by Gasteiger charge is -2.33. The first-order chi connectivity index (χ1) is 20.5. The third-order valence-corrected chi connectivity index (χ3v) is 7.98. The number of piperidine rings is 1. The van der Waals surface area contributed by atoms with Crippen molar-refractivity contribution < 1.29 is 19.2 Å². The van der Waals surface area contributed by atoms with E-state index < -0.39 is 29.9 Å². The minimum Gasteiger partial charge on any atom is -0.327 e. The van der Waals surface area contributed by atoms with Gasteiger partial charge in [-0.05, 0) is 68.6 Å². The van der Waals surface area contributed by atoms with E-state index in [1.165, 1.54) is 0 Å². The van der Waals surface area contributed by atoms with Crippen LogP contribution >= 0.6 is 0 Å². The predicted octanol–water partition coefficient (Wildman–Crippen LogP) is 4.37. The Labute approximate surface area is 251 Å². The zero-order valence-corrected chi connectivity index (χ0v) is 25.0. The first-order valence-electron chi connectivity index (χ1n) is 14.7. The van der Waals surface area contributed by atoms with Crippen molar-refractivity contribution in [1.82, 2.24) is 25.7 Å². The minimum absolute atomic E-state index is 0.0665. The first kappa shape index (κ1) is 30.0. The van der Waals surface area contributed by atoms with Gasteiger partial charge in [0.15, 0.2) is 5.78 Å². The van der Waals surface area contributed by atoms with E-state index in [0.717, 1.165) is 48.4 Å². The molecule has 11 nitrogen and oxygen atoms in total. The fourth-order valence-corrected chi connectivity index (χ4v) is 5.62. The van der Waals surface area contributed by atoms with Gasteiger partial charge < -0.3 is 16.0 Å². The molecule has 0 aliphatic carbocycles. The molecule has 0 radical (unpaired) electrons. The molecule has 2 fully saturated rings. The molecular formula is C32H39N7O4. The van der Waals surface area contributed by atoms with E-state index in [1.54, 1.807) is 16.8 Å². The SMILES string of the molecule is Cc1ccc(-n2nc(C(C)(C)C)cc2NC(=O)Nc2ccc(C(C(=O)[C@H]3CC(=O)NC(=O)N3)C3CCNCC3)cc2)cc1. The third-order valence-electron chi connectivity index (χ3n) is 7.98. The smallest absolute Gasteiger partial charge is 0.324 e. The van der Waals surface area contributed by atoms with Crippen molar-refractivity contribution in [3.63, 3.8) is 0 Å². The molecule has 2 atom stereocenters. The zero-order valence-electron chi connectivity index (χ0n) is 25.0. The number of aryl methyl sites for hydroxylation is 1. The van der Waals surface area contributed by atoms with Crippen molar-refractivity contribution in [3.8, 4) is 5.69 Å². The molecule has 5 N–H and O–H groups in total. The van der Waals surface area contributed by atoms with Crippen LogP contribution in [0.15, 0.2) is 54.6 Å². The standard InChI is InChI=1S/C32H39N7O4/c1-19-5-11-23(12-6-19)39-26(18-25(38-39)32(2,3)4)36-30(42)34-22-9-7-20(8-10-22)28(21-13-15-33-16-14-21)29(41)24-17-27(40)37-31(43)35-24/h5-12,18,21,24,28,33H,13-17H2,1-4H3,(H2,34,36,42)(H2,35,37,40,43)/t24-,28?/m1/s1. The highest BCUT2D eigenvalue weighted by molar-refractivity contribution is 6.04. The van der Waals surface area contributed by atoms with Crippen LogP contribution in [-0.2, 0) is 15.0 Å². The number of benzene rings is 2. The van der Waals surface area contributed by atoms with Crippen LogP contribution in [0.1, 0.15) is 62.8 Å². The van der Waals surface area contributed by atoms with Crippen LogP contribution in [0.4, 0.5) is 21.1 Å². The number of nitrogens with one attached hydrogen (secondary N) is 5. The number of nitrogens with zero attached hydrogens (tertiary/aromatic N) is 2. The number of rotatable bonds is 7. The number of aromatic nitrogens is 2. The maximum Gasteiger partial charge on any atom is 0.324 e. The van der Waals surface area contributed by atoms with Gasteiger partial charge in [0.05, 0.1) is 23.8 Å². The summed E-state index contributed by atoms with van der Waals surface area (Å²) < 4.78 is 1.72. The normalized spacial score (nSPS) is 18.4. The second-order valence-electron chi connectivity index (χ2n) is 12.4. The van der Waals surface area contributed by atoms with Crippen LogP contribution in [0.25, 0.3) is 5.69 Å². The van der Waals surface area contributed by atoms with Gasteiger partial charge in [0.2, 0.25) is 5.91 Å². The second-order valence-corrected chi connectivity index (χ2v) is 12.4. The molecule has 3 heterocycles. The van der Waals surface area contributed by atoms with E-state index in [0.29, 0.717) is 11.5 Å². The number of anilines is 2. The molecule has 2 aromatic carbocycles. The molecule has 2 saturated heterocycles. The molecule has 0 bridgehead atoms. The van der Waals surface area contributed by atoms with Gasteiger partial charge in [-0.1, -0.05) is 50.6 Å². The average Bonchev–Trinajstić information content (AvgIpc) is 3.39. The highest BCUT2D eigenvalue weighted by atomic mass is 16.2. The Morgan fingerprint density at radius 1 is 0.977 bits per heavy atom. The number of Topliss-reactive ketones (excluding diaryl/α,β-unsaturated/α-hetero) is 1. The number of ketones is 1. The van der Waals surface area contributed by atoms with E-state index in [4.69, 9.17) is 5.10 Å². The van der Waals surface area contributed by atoms with Gasteiger partial charge in [0.25, 0.3) is 0 Å². The molecule has 2 aliphatic rings. The maximum absolute atomic E-state index is 13.7. The Bertz CT molecular complexity index is 1480. The number of hydrogen-bond acceptors (Lipinski definition) is 6. The van der Waals surface area contributed by atoms with Gasteiger partial charge in [-0.15, -0.1) is 0 Å². The molecule has 5 rings (SSSR count). The number of imide groups is 1. The summed E-state index contributed by atoms with van der Waals surface area (Å²) in [5.41, 5.74) is 3.93. The number of carbonyl (C=O) groups excluding carboxylic acids is 4. The molecular weight excluding hydrogens is 546 g/mol. The summed E-state index contributed by atoms with van der Waals surface area (Å²) in [6.07, 6.45) is 1.52. The monoisotopic (exact) mass is 585 g/mol. The van der Waals surface area contributed by atoms with Gasteiger partial charge >= 0.3 is 12.1 Å². The van der Waals surface area contributed by atoms with Crippen molar-refractivity contribution in [3.05, 3.63) is 71.4 Å². The van der Waals surface area contributed by atoms with Crippen LogP contribution < -0.4 is 26.6 Å². The fourth-order valence-electron chi connectivity index (χ4n) is 5.62. The Morgan fingerprint density at radius 3 is 2.28 bits per heavy atom. The molecule has 11 heteroatoms. The molecule has 43 heavy (non-hydrogen) atoms. The molecule has 2 aliphatic heterocycles. The van der Waals surface area contributed by atoms with Crippen LogP contribution in [0.5, 0.6) is 0 Å². The van der Waals surface area contributed by atoms with Gasteiger partial charge in [0, 0.05) is 23.1 Å². The number of hydrogen-bond donors (Lipinski definition) is 5. The number of urea groups is 2. The quantitative estimate of drug-likeness (QED) is 0.278. The van der Waals surface area contributed by atoms with E-state index >= 15 is 0 Å². The summed E-state index contributed by atoms with van der Waals surface area (Å²) in [6, 6.07) is 15.0. The van der Waals surface area contributed by atoms with Gasteiger partial charge in [0.1, 0.15) is 5.82 Å². The van der Waals surface area contributed by atoms with Crippen LogP contribution in [0, 0.1) is 12.8 Å². The Morgan fingerprint density at radius 2 is 1.65 bits per heavy atom. The summed E-state index contributed by atoms with van der Waals surface area (Å²) in [5, 5.41) is 18.7. The Balaban J connectivity index is 1.33. The highest BCUT2D eigenvalue weighted by Gasteiger charge is 2.38. The lowest BCUT2D eigenvalue weighted by atomic mass is 9.75. The zero-order chi connectivity index (χ0) is 30.7. The molecule has 1 unspecified atom stereocenters. The van der Waals surface area contributed by atoms with Gasteiger partial charge in [-0.2, -0.15) is 5.10 Å². The molecule has 5 amide bonds. The number of carbonyl (C=O) groups is 4. The first-order valence-corrected chi connectivity index (χ1v) is 14.7. The maximum atomic E-state index is 13.7. The van der Waals surface area contributed by atoms with E-state index in [2.05, 4.69) is 47.4 Å². The van der Waals surface area contributed by atoms with E-state index in [1.807, 2.05) is 49.4 Å². The highest BCUT2D eigenvalue weighted by Crippen LogP contribution is 2.34. The summed E-state index contributed by atoms with van der Waals surface area (Å²) in [6.45, 7) is 9.81. The lowest BCUT2D eigenvalue weighted by Crippen LogP contribution is -2.56. The largest absolute Gasteiger partial charge is 0.327 e. The second kappa shape index (κ2) is 12.4. The van der Waals surface area contributed by atoms with Crippen molar-refractivity contribution in [2.45, 2.75) is 64.3 Å². The van der Waals surface area contributed by atoms with Gasteiger partial charge in [-0.25, -0.2) is 14.3 Å². The van der Waals surface area contributed by atoms with Crippen molar-refractivity contribution in [2.75, 3.05) is 23.7 Å². The van der Waals surface area contributed by atoms with Gasteiger partial charge in [-0.3, -0.25) is 20.2 Å². The summed E-state index contributed by atoms with van der Waals surface area (Å²) in [7, 11) is 0. The minimum atomic E-state index is -0.874. The molecule has 0 saturated carbocycles. The Hall–Kier alpha value is -4.51. The van der Waals surface area contributed by atoms with Crippen molar-refractivity contribution in [2.24, 2.45) is 5.92 Å². The van der Waals surface area contributed by atoms with E-state index in [9.17, 15) is 19.2 Å². The molecule has 226 valence electrons. The van der Waals surface area contributed by atoms with E-state index in [-0.39, 0.29) is 23.5 Å². The molecule has 1 aromatic heterocycles. The third kappa shape index (κ3) is 7.11. The van der Waals surface area contributed by atoms with Crippen molar-refractivity contribution >= 4 is 35.3 Å². The fraction of sp³-hybridized carbons (Fsp3) is 0.406. The predicted molar refractivity (Wildman–Crippen MR) is 165 cm³/mol. The summed E-state index contributed by atoms with van der Waals surface area (Å²) >= 11 is 0. The van der Waals surface area contributed by atoms with Crippen LogP contribution in [-0.4, -0.2) is 52.7 Å². The topological polar surface area (TPSA) is 146 Å². The summed E-state index contributed by atoms with van der Waals surface area (Å²) in [5.74, 6) is -0.515. The van der Waals surface area contributed by atoms with Crippen LogP contribution in [0.3, 0.4) is 0 Å².